The van der Waals surface area contributed by atoms with Crippen molar-refractivity contribution in [1.82, 2.24) is 14.9 Å². The molecule has 14 heteroatoms. The standard InChI is InChI=1S/C26H28Cl2N4O7S/c1-16-24(38-20-5-2-17(3-6-20)18-13-36-40(34,35)37-14-18)29-15-30-25(16)39-21-8-10-32(11-9-21)26(33)31-23-7-4-19(27)12-22(23)28/h2-7,12,15,18,21,34-35H,8-11,13-14H2,1H3,(H,31,33). The molecule has 2 amide bonds. The largest absolute Gasteiger partial charge is 0.474 e. The lowest BCUT2D eigenvalue weighted by Gasteiger charge is -2.33. The fraction of sp³-hybridized carbons (Fsp3) is 0.346. The SMILES string of the molecule is Cc1c(Oc2ccc(C3COS(O)(O)OC3)cc2)ncnc1OC1CCN(C(=O)Nc2ccc(Cl)cc2Cl)CC1. The highest BCUT2D eigenvalue weighted by Crippen LogP contribution is 2.46. The highest BCUT2D eigenvalue weighted by atomic mass is 35.5. The average Bonchev–Trinajstić information content (AvgIpc) is 2.93. The van der Waals surface area contributed by atoms with Gasteiger partial charge in [-0.1, -0.05) is 35.3 Å². The number of amides is 2. The molecule has 3 heterocycles. The summed E-state index contributed by atoms with van der Waals surface area (Å²) in [6, 6.07) is 12.0. The summed E-state index contributed by atoms with van der Waals surface area (Å²) in [5, 5.41) is 3.70. The molecule has 0 atom stereocenters. The molecule has 2 aliphatic rings. The summed E-state index contributed by atoms with van der Waals surface area (Å²) in [4.78, 5) is 23.0. The molecule has 214 valence electrons. The van der Waals surface area contributed by atoms with Crippen LogP contribution in [0, 0.1) is 6.92 Å². The Labute approximate surface area is 243 Å². The summed E-state index contributed by atoms with van der Waals surface area (Å²) >= 11 is 8.70. The second-order valence-corrected chi connectivity index (χ2v) is 11.6. The van der Waals surface area contributed by atoms with Crippen LogP contribution in [0.15, 0.2) is 48.8 Å². The third-order valence-corrected chi connectivity index (χ3v) is 8.02. The van der Waals surface area contributed by atoms with Crippen molar-refractivity contribution in [3.8, 4) is 17.5 Å². The summed E-state index contributed by atoms with van der Waals surface area (Å²) in [6.07, 6.45) is 2.53. The molecule has 2 saturated heterocycles. The first kappa shape index (κ1) is 28.7. The molecule has 3 aromatic rings. The molecule has 3 N–H and O–H groups in total. The van der Waals surface area contributed by atoms with Gasteiger partial charge in [0, 0.05) is 36.9 Å². The topological polar surface area (TPSA) is 136 Å². The molecule has 1 aromatic heterocycles. The molecule has 40 heavy (non-hydrogen) atoms. The third-order valence-electron chi connectivity index (χ3n) is 6.58. The minimum Gasteiger partial charge on any atom is -0.474 e. The molecule has 2 aromatic carbocycles. The summed E-state index contributed by atoms with van der Waals surface area (Å²) in [6.45, 7) is 3.14. The second kappa shape index (κ2) is 12.4. The quantitative estimate of drug-likeness (QED) is 0.279. The number of hydrogen-bond donors (Lipinski definition) is 3. The number of carbonyl (C=O) groups excluding carboxylic acids is 1. The molecular formula is C26H28Cl2N4O7S. The van der Waals surface area contributed by atoms with Crippen molar-refractivity contribution in [3.63, 3.8) is 0 Å². The Morgan fingerprint density at radius 3 is 2.40 bits per heavy atom. The number of anilines is 1. The lowest BCUT2D eigenvalue weighted by molar-refractivity contribution is 0.0916. The van der Waals surface area contributed by atoms with Crippen LogP contribution in [0.3, 0.4) is 0 Å². The van der Waals surface area contributed by atoms with Gasteiger partial charge in [-0.25, -0.2) is 14.8 Å². The van der Waals surface area contributed by atoms with Gasteiger partial charge in [0.1, 0.15) is 18.2 Å². The Morgan fingerprint density at radius 2 is 1.73 bits per heavy atom. The number of ether oxygens (including phenoxy) is 2. The van der Waals surface area contributed by atoms with Crippen molar-refractivity contribution in [3.05, 3.63) is 70.0 Å². The van der Waals surface area contributed by atoms with Gasteiger partial charge in [0.25, 0.3) is 0 Å². The summed E-state index contributed by atoms with van der Waals surface area (Å²) in [5.74, 6) is 1.24. The zero-order chi connectivity index (χ0) is 28.3. The van der Waals surface area contributed by atoms with Gasteiger partial charge in [-0.3, -0.25) is 17.5 Å². The Morgan fingerprint density at radius 1 is 1.05 bits per heavy atom. The summed E-state index contributed by atoms with van der Waals surface area (Å²) < 4.78 is 41.0. The van der Waals surface area contributed by atoms with Gasteiger partial charge in [-0.15, -0.1) is 0 Å². The van der Waals surface area contributed by atoms with Gasteiger partial charge in [0.15, 0.2) is 0 Å². The lowest BCUT2D eigenvalue weighted by atomic mass is 10.0. The number of halogens is 2. The number of urea groups is 1. The van der Waals surface area contributed by atoms with Crippen LogP contribution in [0.1, 0.15) is 29.9 Å². The number of piperidine rings is 1. The van der Waals surface area contributed by atoms with Crippen LogP contribution in [0.2, 0.25) is 10.0 Å². The molecule has 2 fully saturated rings. The number of nitrogens with zero attached hydrogens (tertiary/aromatic N) is 3. The first-order valence-electron chi connectivity index (χ1n) is 12.5. The molecule has 0 radical (unpaired) electrons. The highest BCUT2D eigenvalue weighted by Gasteiger charge is 2.30. The zero-order valence-electron chi connectivity index (χ0n) is 21.5. The van der Waals surface area contributed by atoms with Gasteiger partial charge in [0.2, 0.25) is 22.9 Å². The van der Waals surface area contributed by atoms with Crippen LogP contribution in [-0.4, -0.2) is 62.4 Å². The number of benzene rings is 2. The van der Waals surface area contributed by atoms with E-state index in [1.165, 1.54) is 6.33 Å². The minimum absolute atomic E-state index is 0.123. The van der Waals surface area contributed by atoms with Crippen LogP contribution in [0.25, 0.3) is 0 Å². The third kappa shape index (κ3) is 7.07. The number of nitrogens with one attached hydrogen (secondary N) is 1. The first-order valence-corrected chi connectivity index (χ1v) is 14.7. The molecule has 5 rings (SSSR count). The Balaban J connectivity index is 1.14. The first-order chi connectivity index (χ1) is 19.2. The van der Waals surface area contributed by atoms with E-state index in [-0.39, 0.29) is 31.3 Å². The number of carbonyl (C=O) groups is 1. The van der Waals surface area contributed by atoms with Crippen molar-refractivity contribution in [2.75, 3.05) is 31.6 Å². The van der Waals surface area contributed by atoms with Gasteiger partial charge >= 0.3 is 6.03 Å². The van der Waals surface area contributed by atoms with E-state index < -0.39 is 11.2 Å². The smallest absolute Gasteiger partial charge is 0.321 e. The number of rotatable bonds is 6. The summed E-state index contributed by atoms with van der Waals surface area (Å²) in [5.41, 5.74) is 2.08. The zero-order valence-corrected chi connectivity index (χ0v) is 23.8. The molecule has 11 nitrogen and oxygen atoms in total. The molecule has 2 aliphatic heterocycles. The lowest BCUT2D eigenvalue weighted by Crippen LogP contribution is -2.43. The number of likely N-dealkylation sites (tertiary alicyclic amines) is 1. The maximum atomic E-state index is 12.7. The van der Waals surface area contributed by atoms with Crippen LogP contribution in [0.4, 0.5) is 10.5 Å². The van der Waals surface area contributed by atoms with Crippen LogP contribution in [-0.2, 0) is 8.37 Å². The van der Waals surface area contributed by atoms with Crippen LogP contribution < -0.4 is 14.8 Å². The predicted molar refractivity (Wildman–Crippen MR) is 151 cm³/mol. The van der Waals surface area contributed by atoms with Crippen molar-refractivity contribution in [2.24, 2.45) is 0 Å². The highest BCUT2D eigenvalue weighted by molar-refractivity contribution is 8.16. The second-order valence-electron chi connectivity index (χ2n) is 9.35. The average molecular weight is 612 g/mol. The Bertz CT molecular complexity index is 1350. The molecule has 0 unspecified atom stereocenters. The summed E-state index contributed by atoms with van der Waals surface area (Å²) in [7, 11) is 0. The van der Waals surface area contributed by atoms with Crippen molar-refractivity contribution < 1.29 is 31.7 Å². The van der Waals surface area contributed by atoms with E-state index in [9.17, 15) is 13.9 Å². The van der Waals surface area contributed by atoms with Crippen LogP contribution >= 0.6 is 34.4 Å². The molecular weight excluding hydrogens is 583 g/mol. The fourth-order valence-electron chi connectivity index (χ4n) is 4.30. The van der Waals surface area contributed by atoms with E-state index >= 15 is 0 Å². The molecule has 0 bridgehead atoms. The molecule has 0 spiro atoms. The van der Waals surface area contributed by atoms with E-state index in [1.54, 1.807) is 35.2 Å². The number of hydrogen-bond acceptors (Lipinski definition) is 9. The van der Waals surface area contributed by atoms with E-state index in [4.69, 9.17) is 41.0 Å². The molecule has 0 saturated carbocycles. The van der Waals surface area contributed by atoms with E-state index in [0.717, 1.165) is 5.56 Å². The van der Waals surface area contributed by atoms with E-state index in [2.05, 4.69) is 15.3 Å². The van der Waals surface area contributed by atoms with Gasteiger partial charge in [-0.05, 0) is 42.8 Å². The monoisotopic (exact) mass is 610 g/mol. The van der Waals surface area contributed by atoms with Crippen LogP contribution in [0.5, 0.6) is 17.5 Å². The fourth-order valence-corrected chi connectivity index (χ4v) is 5.50. The maximum Gasteiger partial charge on any atom is 0.321 e. The normalized spacial score (nSPS) is 18.7. The number of aromatic nitrogens is 2. The van der Waals surface area contributed by atoms with Crippen molar-refractivity contribution >= 4 is 46.1 Å². The Hall–Kier alpha value is -2.84. The van der Waals surface area contributed by atoms with Gasteiger partial charge in [-0.2, -0.15) is 0 Å². The minimum atomic E-state index is -3.39. The molecule has 0 aliphatic carbocycles. The maximum absolute atomic E-state index is 12.7. The predicted octanol–water partition coefficient (Wildman–Crippen LogP) is 6.67. The Kier molecular flexibility index (Phi) is 8.86. The van der Waals surface area contributed by atoms with E-state index in [0.29, 0.717) is 64.7 Å². The van der Waals surface area contributed by atoms with Gasteiger partial charge < -0.3 is 19.7 Å². The van der Waals surface area contributed by atoms with Crippen molar-refractivity contribution in [1.29, 1.82) is 0 Å². The van der Waals surface area contributed by atoms with E-state index in [1.807, 2.05) is 19.1 Å². The van der Waals surface area contributed by atoms with Crippen molar-refractivity contribution in [2.45, 2.75) is 31.8 Å². The van der Waals surface area contributed by atoms with Gasteiger partial charge in [0.05, 0.1) is 29.5 Å².